The summed E-state index contributed by atoms with van der Waals surface area (Å²) in [5, 5.41) is 32.8. The summed E-state index contributed by atoms with van der Waals surface area (Å²) in [4.78, 5) is 23.0. The lowest BCUT2D eigenvalue weighted by atomic mass is 9.95. The van der Waals surface area contributed by atoms with Crippen molar-refractivity contribution in [3.63, 3.8) is 0 Å². The molecule has 142 valence electrons. The minimum absolute atomic E-state index is 0.252. The van der Waals surface area contributed by atoms with Gasteiger partial charge in [0.05, 0.1) is 12.9 Å². The molecule has 0 aromatic carbocycles. The molecule has 10 heteroatoms. The zero-order valence-corrected chi connectivity index (χ0v) is 14.2. The van der Waals surface area contributed by atoms with Crippen molar-refractivity contribution in [2.75, 3.05) is 11.9 Å². The van der Waals surface area contributed by atoms with E-state index in [0.29, 0.717) is 11.3 Å². The molecule has 1 aliphatic heterocycles. The fourth-order valence-corrected chi connectivity index (χ4v) is 3.78. The molecule has 2 fully saturated rings. The minimum atomic E-state index is -1.26. The van der Waals surface area contributed by atoms with E-state index in [9.17, 15) is 20.1 Å². The standard InChI is InChI=1S/C16H23N5O5/c22-6-9-11(23)12(24)15(26-9)21-7-17-10-13(19-16(25)20-14(10)21)18-8-4-2-1-3-5-8/h7-9,11-12,15,22-24H,1-6H2,(H2,18,19,20,25)/t9-,11-,12-,15?/m1/s1. The number of aromatic amines is 1. The molecule has 4 atom stereocenters. The predicted molar refractivity (Wildman–Crippen MR) is 91.7 cm³/mol. The molecule has 0 spiro atoms. The van der Waals surface area contributed by atoms with Crippen molar-refractivity contribution in [2.24, 2.45) is 0 Å². The first kappa shape index (κ1) is 17.4. The van der Waals surface area contributed by atoms with Gasteiger partial charge in [-0.3, -0.25) is 9.55 Å². The number of aliphatic hydroxyl groups excluding tert-OH is 3. The Morgan fingerprint density at radius 1 is 1.27 bits per heavy atom. The molecule has 0 bridgehead atoms. The van der Waals surface area contributed by atoms with Crippen LogP contribution in [0.15, 0.2) is 11.1 Å². The third-order valence-electron chi connectivity index (χ3n) is 5.19. The van der Waals surface area contributed by atoms with E-state index in [-0.39, 0.29) is 11.7 Å². The Hall–Kier alpha value is -2.01. The molecule has 3 heterocycles. The molecule has 0 amide bonds. The molecule has 4 rings (SSSR count). The lowest BCUT2D eigenvalue weighted by Crippen LogP contribution is -2.33. The molecule has 1 aliphatic carbocycles. The fourth-order valence-electron chi connectivity index (χ4n) is 3.78. The summed E-state index contributed by atoms with van der Waals surface area (Å²) in [5.41, 5.74) is 0.180. The first-order valence-corrected chi connectivity index (χ1v) is 8.94. The summed E-state index contributed by atoms with van der Waals surface area (Å²) in [6.45, 7) is -0.427. The highest BCUT2D eigenvalue weighted by atomic mass is 16.6. The number of hydrogen-bond acceptors (Lipinski definition) is 8. The van der Waals surface area contributed by atoms with Gasteiger partial charge in [-0.2, -0.15) is 4.98 Å². The molecule has 2 aromatic rings. The highest BCUT2D eigenvalue weighted by Crippen LogP contribution is 2.32. The van der Waals surface area contributed by atoms with Gasteiger partial charge in [-0.15, -0.1) is 0 Å². The van der Waals surface area contributed by atoms with Gasteiger partial charge in [0.1, 0.15) is 29.6 Å². The van der Waals surface area contributed by atoms with Crippen LogP contribution in [-0.2, 0) is 4.74 Å². The van der Waals surface area contributed by atoms with Gasteiger partial charge in [0.15, 0.2) is 11.9 Å². The number of nitrogens with zero attached hydrogens (tertiary/aromatic N) is 3. The molecule has 1 saturated heterocycles. The van der Waals surface area contributed by atoms with E-state index in [0.717, 1.165) is 25.7 Å². The number of anilines is 1. The molecular formula is C16H23N5O5. The molecule has 0 radical (unpaired) electrons. The lowest BCUT2D eigenvalue weighted by Gasteiger charge is -2.23. The molecule has 1 saturated carbocycles. The fraction of sp³-hybridized carbons (Fsp3) is 0.688. The van der Waals surface area contributed by atoms with E-state index in [1.807, 2.05) is 0 Å². The summed E-state index contributed by atoms with van der Waals surface area (Å²) in [5.74, 6) is 0.498. The number of nitrogens with one attached hydrogen (secondary N) is 2. The normalized spacial score (nSPS) is 30.1. The van der Waals surface area contributed by atoms with Crippen molar-refractivity contribution in [3.05, 3.63) is 16.8 Å². The summed E-state index contributed by atoms with van der Waals surface area (Å²) in [7, 11) is 0. The van der Waals surface area contributed by atoms with E-state index in [1.54, 1.807) is 0 Å². The van der Waals surface area contributed by atoms with E-state index in [1.165, 1.54) is 17.3 Å². The predicted octanol–water partition coefficient (Wildman–Crippen LogP) is -0.524. The van der Waals surface area contributed by atoms with Crippen molar-refractivity contribution in [1.29, 1.82) is 0 Å². The summed E-state index contributed by atoms with van der Waals surface area (Å²) >= 11 is 0. The molecular weight excluding hydrogens is 342 g/mol. The van der Waals surface area contributed by atoms with Crippen LogP contribution >= 0.6 is 0 Å². The average molecular weight is 365 g/mol. The first-order valence-electron chi connectivity index (χ1n) is 8.94. The third kappa shape index (κ3) is 2.98. The summed E-state index contributed by atoms with van der Waals surface area (Å²) in [6, 6.07) is 0.268. The SMILES string of the molecule is O=c1nc2c(ncn2C2O[C@H](CO)[C@@H](O)[C@H]2O)c(NC2CCCCC2)[nH]1. The highest BCUT2D eigenvalue weighted by molar-refractivity contribution is 5.82. The van der Waals surface area contributed by atoms with Gasteiger partial charge in [0.2, 0.25) is 0 Å². The Labute approximate surface area is 148 Å². The Morgan fingerprint density at radius 3 is 2.73 bits per heavy atom. The van der Waals surface area contributed by atoms with Crippen LogP contribution in [-0.4, -0.2) is 65.8 Å². The van der Waals surface area contributed by atoms with Gasteiger partial charge >= 0.3 is 5.69 Å². The van der Waals surface area contributed by atoms with Crippen molar-refractivity contribution in [2.45, 2.75) is 62.7 Å². The van der Waals surface area contributed by atoms with Gasteiger partial charge in [0, 0.05) is 6.04 Å². The van der Waals surface area contributed by atoms with Crippen LogP contribution in [0.4, 0.5) is 5.82 Å². The van der Waals surface area contributed by atoms with Crippen molar-refractivity contribution in [1.82, 2.24) is 19.5 Å². The van der Waals surface area contributed by atoms with Crippen molar-refractivity contribution < 1.29 is 20.1 Å². The zero-order valence-electron chi connectivity index (χ0n) is 14.2. The summed E-state index contributed by atoms with van der Waals surface area (Å²) in [6.07, 6.45) is 2.60. The van der Waals surface area contributed by atoms with Crippen molar-refractivity contribution >= 4 is 17.0 Å². The Balaban J connectivity index is 1.69. The van der Waals surface area contributed by atoms with E-state index < -0.39 is 36.8 Å². The smallest absolute Gasteiger partial charge is 0.348 e. The average Bonchev–Trinajstić information content (AvgIpc) is 3.17. The maximum Gasteiger partial charge on any atom is 0.348 e. The van der Waals surface area contributed by atoms with Crippen LogP contribution in [0.25, 0.3) is 11.2 Å². The number of aromatic nitrogens is 4. The Morgan fingerprint density at radius 2 is 2.04 bits per heavy atom. The number of ether oxygens (including phenoxy) is 1. The Kier molecular flexibility index (Phi) is 4.65. The second-order valence-corrected chi connectivity index (χ2v) is 6.95. The molecule has 2 aromatic heterocycles. The number of H-pyrrole nitrogens is 1. The number of rotatable bonds is 4. The van der Waals surface area contributed by atoms with Crippen LogP contribution in [0.1, 0.15) is 38.3 Å². The topological polar surface area (TPSA) is 146 Å². The molecule has 10 nitrogen and oxygen atoms in total. The number of aliphatic hydroxyl groups is 3. The molecule has 26 heavy (non-hydrogen) atoms. The maximum atomic E-state index is 12.0. The van der Waals surface area contributed by atoms with Crippen LogP contribution < -0.4 is 11.0 Å². The Bertz CT molecular complexity index is 830. The van der Waals surface area contributed by atoms with E-state index in [2.05, 4.69) is 20.3 Å². The van der Waals surface area contributed by atoms with Crippen LogP contribution in [0.3, 0.4) is 0 Å². The van der Waals surface area contributed by atoms with E-state index in [4.69, 9.17) is 4.74 Å². The number of imidazole rings is 1. The van der Waals surface area contributed by atoms with Gasteiger partial charge in [0.25, 0.3) is 0 Å². The second kappa shape index (κ2) is 6.95. The summed E-state index contributed by atoms with van der Waals surface area (Å²) < 4.78 is 6.93. The highest BCUT2D eigenvalue weighted by Gasteiger charge is 2.44. The third-order valence-corrected chi connectivity index (χ3v) is 5.19. The van der Waals surface area contributed by atoms with Gasteiger partial charge in [-0.05, 0) is 12.8 Å². The molecule has 5 N–H and O–H groups in total. The van der Waals surface area contributed by atoms with Gasteiger partial charge in [-0.1, -0.05) is 19.3 Å². The maximum absolute atomic E-state index is 12.0. The molecule has 1 unspecified atom stereocenters. The minimum Gasteiger partial charge on any atom is -0.394 e. The van der Waals surface area contributed by atoms with Gasteiger partial charge in [-0.25, -0.2) is 9.78 Å². The largest absolute Gasteiger partial charge is 0.394 e. The van der Waals surface area contributed by atoms with Crippen LogP contribution in [0.5, 0.6) is 0 Å². The number of hydrogen-bond donors (Lipinski definition) is 5. The second-order valence-electron chi connectivity index (χ2n) is 6.95. The van der Waals surface area contributed by atoms with Crippen LogP contribution in [0.2, 0.25) is 0 Å². The van der Waals surface area contributed by atoms with Crippen molar-refractivity contribution in [3.8, 4) is 0 Å². The quantitative estimate of drug-likeness (QED) is 0.486. The van der Waals surface area contributed by atoms with Gasteiger partial charge < -0.3 is 25.4 Å². The van der Waals surface area contributed by atoms with Crippen LogP contribution in [0, 0.1) is 0 Å². The number of fused-ring (bicyclic) bond motifs is 1. The lowest BCUT2D eigenvalue weighted by molar-refractivity contribution is -0.0511. The zero-order chi connectivity index (χ0) is 18.3. The monoisotopic (exact) mass is 365 g/mol. The van der Waals surface area contributed by atoms with E-state index >= 15 is 0 Å². The molecule has 2 aliphatic rings. The first-order chi connectivity index (χ1) is 12.6.